The van der Waals surface area contributed by atoms with E-state index in [-0.39, 0.29) is 23.9 Å². The first-order valence-electron chi connectivity index (χ1n) is 7.89. The molecule has 0 bridgehead atoms. The fraction of sp³-hybridized carbons (Fsp3) is 0.667. The van der Waals surface area contributed by atoms with E-state index in [4.69, 9.17) is 0 Å². The van der Waals surface area contributed by atoms with Crippen LogP contribution in [0.2, 0.25) is 0 Å². The summed E-state index contributed by atoms with van der Waals surface area (Å²) in [4.78, 5) is 32.5. The number of carbonyl (C=O) groups is 2. The molecule has 2 heterocycles. The third kappa shape index (κ3) is 3.58. The lowest BCUT2D eigenvalue weighted by atomic mass is 10.3. The number of hydrogen-bond acceptors (Lipinski definition) is 4. The highest BCUT2D eigenvalue weighted by Crippen LogP contribution is 2.31. The highest BCUT2D eigenvalue weighted by atomic mass is 32.1. The zero-order chi connectivity index (χ0) is 15.5. The summed E-state index contributed by atoms with van der Waals surface area (Å²) < 4.78 is 0. The molecule has 1 unspecified atom stereocenters. The SMILES string of the molecule is CC(NC(=O)N1CCCN(C(=O)C2CC2)CC1)c1nccs1. The van der Waals surface area contributed by atoms with E-state index < -0.39 is 0 Å². The Morgan fingerprint density at radius 1 is 1.27 bits per heavy atom. The maximum Gasteiger partial charge on any atom is 0.318 e. The summed E-state index contributed by atoms with van der Waals surface area (Å²) in [5.41, 5.74) is 0. The van der Waals surface area contributed by atoms with Gasteiger partial charge in [-0.2, -0.15) is 0 Å². The Balaban J connectivity index is 1.51. The molecule has 7 heteroatoms. The second-order valence-electron chi connectivity index (χ2n) is 5.98. The van der Waals surface area contributed by atoms with Crippen LogP contribution in [0.15, 0.2) is 11.6 Å². The molecule has 0 aromatic carbocycles. The zero-order valence-corrected chi connectivity index (χ0v) is 13.6. The van der Waals surface area contributed by atoms with Crippen molar-refractivity contribution in [1.29, 1.82) is 0 Å². The van der Waals surface area contributed by atoms with Gasteiger partial charge in [0.1, 0.15) is 5.01 Å². The molecule has 1 aliphatic carbocycles. The van der Waals surface area contributed by atoms with Crippen LogP contribution in [-0.4, -0.2) is 52.9 Å². The van der Waals surface area contributed by atoms with Crippen molar-refractivity contribution in [2.24, 2.45) is 5.92 Å². The standard InChI is InChI=1S/C15H22N4O2S/c1-11(13-16-5-10-22-13)17-15(21)19-7-2-6-18(8-9-19)14(20)12-3-4-12/h5,10-12H,2-4,6-9H2,1H3,(H,17,21). The lowest BCUT2D eigenvalue weighted by Gasteiger charge is -2.23. The zero-order valence-electron chi connectivity index (χ0n) is 12.8. The maximum atomic E-state index is 12.4. The molecule has 0 spiro atoms. The van der Waals surface area contributed by atoms with Crippen LogP contribution in [-0.2, 0) is 4.79 Å². The predicted molar refractivity (Wildman–Crippen MR) is 84.6 cm³/mol. The van der Waals surface area contributed by atoms with Crippen molar-refractivity contribution in [3.8, 4) is 0 Å². The van der Waals surface area contributed by atoms with Crippen molar-refractivity contribution in [2.75, 3.05) is 26.2 Å². The van der Waals surface area contributed by atoms with Gasteiger partial charge in [0.15, 0.2) is 0 Å². The lowest BCUT2D eigenvalue weighted by molar-refractivity contribution is -0.132. The first-order valence-corrected chi connectivity index (χ1v) is 8.76. The van der Waals surface area contributed by atoms with Gasteiger partial charge in [0, 0.05) is 43.7 Å². The summed E-state index contributed by atoms with van der Waals surface area (Å²) in [6.45, 7) is 4.66. The molecule has 6 nitrogen and oxygen atoms in total. The van der Waals surface area contributed by atoms with E-state index in [1.807, 2.05) is 22.1 Å². The fourth-order valence-electron chi connectivity index (χ4n) is 2.72. The highest BCUT2D eigenvalue weighted by molar-refractivity contribution is 7.09. The van der Waals surface area contributed by atoms with Gasteiger partial charge in [-0.3, -0.25) is 4.79 Å². The summed E-state index contributed by atoms with van der Waals surface area (Å²) in [6.07, 6.45) is 4.66. The van der Waals surface area contributed by atoms with Crippen LogP contribution in [0.4, 0.5) is 4.79 Å². The highest BCUT2D eigenvalue weighted by Gasteiger charge is 2.34. The number of nitrogens with zero attached hydrogens (tertiary/aromatic N) is 3. The lowest BCUT2D eigenvalue weighted by Crippen LogP contribution is -2.43. The molecule has 1 atom stereocenters. The molecule has 1 aromatic rings. The van der Waals surface area contributed by atoms with E-state index >= 15 is 0 Å². The first-order chi connectivity index (χ1) is 10.6. The van der Waals surface area contributed by atoms with Crippen LogP contribution < -0.4 is 5.32 Å². The van der Waals surface area contributed by atoms with Crippen LogP contribution >= 0.6 is 11.3 Å². The maximum absolute atomic E-state index is 12.4. The summed E-state index contributed by atoms with van der Waals surface area (Å²) in [7, 11) is 0. The summed E-state index contributed by atoms with van der Waals surface area (Å²) in [5.74, 6) is 0.531. The Labute approximate surface area is 134 Å². The molecule has 2 fully saturated rings. The third-order valence-electron chi connectivity index (χ3n) is 4.18. The van der Waals surface area contributed by atoms with Gasteiger partial charge in [0.2, 0.25) is 5.91 Å². The van der Waals surface area contributed by atoms with Crippen LogP contribution in [0.3, 0.4) is 0 Å². The van der Waals surface area contributed by atoms with E-state index in [0.717, 1.165) is 30.8 Å². The number of thiazole rings is 1. The molecule has 0 radical (unpaired) electrons. The molecule has 3 amide bonds. The van der Waals surface area contributed by atoms with Gasteiger partial charge in [-0.05, 0) is 26.2 Å². The van der Waals surface area contributed by atoms with Gasteiger partial charge in [0.25, 0.3) is 0 Å². The van der Waals surface area contributed by atoms with E-state index in [1.165, 1.54) is 0 Å². The van der Waals surface area contributed by atoms with Gasteiger partial charge in [-0.15, -0.1) is 11.3 Å². The molecular formula is C15H22N4O2S. The average Bonchev–Trinajstić information content (AvgIpc) is 3.27. The van der Waals surface area contributed by atoms with Gasteiger partial charge in [-0.25, -0.2) is 9.78 Å². The Morgan fingerprint density at radius 3 is 2.68 bits per heavy atom. The minimum atomic E-state index is -0.0834. The van der Waals surface area contributed by atoms with E-state index in [2.05, 4.69) is 10.3 Å². The van der Waals surface area contributed by atoms with Crippen molar-refractivity contribution in [3.05, 3.63) is 16.6 Å². The second-order valence-corrected chi connectivity index (χ2v) is 6.91. The van der Waals surface area contributed by atoms with E-state index in [1.54, 1.807) is 17.5 Å². The molecule has 1 N–H and O–H groups in total. The van der Waals surface area contributed by atoms with Gasteiger partial charge in [-0.1, -0.05) is 0 Å². The fourth-order valence-corrected chi connectivity index (χ4v) is 3.36. The Hall–Kier alpha value is -1.63. The Bertz CT molecular complexity index is 530. The number of urea groups is 1. The molecule has 1 aliphatic heterocycles. The molecule has 1 saturated heterocycles. The molecule has 1 aromatic heterocycles. The number of hydrogen-bond donors (Lipinski definition) is 1. The largest absolute Gasteiger partial charge is 0.341 e. The normalized spacial score (nSPS) is 20.4. The minimum Gasteiger partial charge on any atom is -0.341 e. The molecule has 2 aliphatic rings. The monoisotopic (exact) mass is 322 g/mol. The van der Waals surface area contributed by atoms with Crippen LogP contribution in [0.1, 0.15) is 37.2 Å². The minimum absolute atomic E-state index is 0.0663. The molecule has 1 saturated carbocycles. The Kier molecular flexibility index (Phi) is 4.61. The first kappa shape index (κ1) is 15.3. The molecular weight excluding hydrogens is 300 g/mol. The van der Waals surface area contributed by atoms with Crippen LogP contribution in [0.5, 0.6) is 0 Å². The molecule has 22 heavy (non-hydrogen) atoms. The number of rotatable bonds is 3. The van der Waals surface area contributed by atoms with Crippen molar-refractivity contribution in [2.45, 2.75) is 32.2 Å². The van der Waals surface area contributed by atoms with Crippen molar-refractivity contribution in [3.63, 3.8) is 0 Å². The number of carbonyl (C=O) groups excluding carboxylic acids is 2. The second kappa shape index (κ2) is 6.64. The summed E-state index contributed by atoms with van der Waals surface area (Å²) in [5, 5.41) is 5.81. The van der Waals surface area contributed by atoms with Crippen molar-refractivity contribution < 1.29 is 9.59 Å². The number of amides is 3. The smallest absolute Gasteiger partial charge is 0.318 e. The van der Waals surface area contributed by atoms with Crippen molar-refractivity contribution >= 4 is 23.3 Å². The van der Waals surface area contributed by atoms with Crippen molar-refractivity contribution in [1.82, 2.24) is 20.1 Å². The van der Waals surface area contributed by atoms with Crippen LogP contribution in [0.25, 0.3) is 0 Å². The van der Waals surface area contributed by atoms with E-state index in [0.29, 0.717) is 19.6 Å². The summed E-state index contributed by atoms with van der Waals surface area (Å²) >= 11 is 1.54. The average molecular weight is 322 g/mol. The predicted octanol–water partition coefficient (Wildman–Crippen LogP) is 1.86. The van der Waals surface area contributed by atoms with Gasteiger partial charge in [0.05, 0.1) is 6.04 Å². The van der Waals surface area contributed by atoms with Gasteiger partial charge < -0.3 is 15.1 Å². The molecule has 120 valence electrons. The summed E-state index contributed by atoms with van der Waals surface area (Å²) in [6, 6.07) is -0.150. The number of nitrogens with one attached hydrogen (secondary N) is 1. The topological polar surface area (TPSA) is 65.5 Å². The quantitative estimate of drug-likeness (QED) is 0.924. The number of aromatic nitrogens is 1. The van der Waals surface area contributed by atoms with E-state index in [9.17, 15) is 9.59 Å². The Morgan fingerprint density at radius 2 is 2.00 bits per heavy atom. The third-order valence-corrected chi connectivity index (χ3v) is 5.14. The van der Waals surface area contributed by atoms with Crippen LogP contribution in [0, 0.1) is 5.92 Å². The van der Waals surface area contributed by atoms with Gasteiger partial charge >= 0.3 is 6.03 Å². The molecule has 3 rings (SSSR count).